The first-order chi connectivity index (χ1) is 13.9. The molecule has 144 valence electrons. The lowest BCUT2D eigenvalue weighted by atomic mass is 10.1. The van der Waals surface area contributed by atoms with E-state index in [0.717, 1.165) is 22.6 Å². The third-order valence-electron chi connectivity index (χ3n) is 4.56. The average molecular weight is 385 g/mol. The van der Waals surface area contributed by atoms with E-state index < -0.39 is 11.9 Å². The van der Waals surface area contributed by atoms with Gasteiger partial charge < -0.3 is 15.0 Å². The monoisotopic (exact) mass is 385 g/mol. The first-order valence-corrected chi connectivity index (χ1v) is 8.92. The Morgan fingerprint density at radius 1 is 1.07 bits per heavy atom. The number of hydrogen-bond donors (Lipinski definition) is 2. The van der Waals surface area contributed by atoms with Gasteiger partial charge in [0.1, 0.15) is 11.6 Å². The number of aromatic carboxylic acids is 1. The summed E-state index contributed by atoms with van der Waals surface area (Å²) in [4.78, 5) is 23.9. The minimum atomic E-state index is -1.16. The van der Waals surface area contributed by atoms with Gasteiger partial charge in [-0.05, 0) is 55.8 Å². The Bertz CT molecular complexity index is 1150. The molecule has 0 unspecified atom stereocenters. The molecule has 2 N–H and O–H groups in total. The van der Waals surface area contributed by atoms with E-state index in [1.54, 1.807) is 12.1 Å². The number of nitrogens with one attached hydrogen (secondary N) is 1. The molecule has 1 amide bonds. The van der Waals surface area contributed by atoms with E-state index in [0.29, 0.717) is 0 Å². The summed E-state index contributed by atoms with van der Waals surface area (Å²) in [7, 11) is 0. The van der Waals surface area contributed by atoms with Crippen molar-refractivity contribution in [2.45, 2.75) is 13.8 Å². The van der Waals surface area contributed by atoms with E-state index in [4.69, 9.17) is 0 Å². The zero-order valence-electron chi connectivity index (χ0n) is 16.0. The number of benzene rings is 2. The molecule has 6 nitrogen and oxygen atoms in total. The molecule has 0 fully saturated rings. The van der Waals surface area contributed by atoms with Gasteiger partial charge >= 0.3 is 5.97 Å². The fourth-order valence-electron chi connectivity index (χ4n) is 3.18. The van der Waals surface area contributed by atoms with Crippen molar-refractivity contribution in [1.82, 2.24) is 4.57 Å². The van der Waals surface area contributed by atoms with E-state index in [1.165, 1.54) is 18.2 Å². The van der Waals surface area contributed by atoms with Crippen molar-refractivity contribution in [3.05, 3.63) is 88.8 Å². The molecule has 0 bridgehead atoms. The molecule has 0 saturated carbocycles. The summed E-state index contributed by atoms with van der Waals surface area (Å²) >= 11 is 0. The van der Waals surface area contributed by atoms with Crippen LogP contribution in [-0.4, -0.2) is 21.6 Å². The second kappa shape index (κ2) is 8.28. The molecule has 3 rings (SSSR count). The number of carboxylic acids is 1. The number of rotatable bonds is 5. The molecule has 0 spiro atoms. The Kier molecular flexibility index (Phi) is 5.61. The molecule has 29 heavy (non-hydrogen) atoms. The van der Waals surface area contributed by atoms with Crippen molar-refractivity contribution in [2.24, 2.45) is 0 Å². The second-order valence-corrected chi connectivity index (χ2v) is 6.47. The summed E-state index contributed by atoms with van der Waals surface area (Å²) in [6.07, 6.45) is 1.51. The molecule has 0 saturated heterocycles. The zero-order chi connectivity index (χ0) is 21.0. The highest BCUT2D eigenvalue weighted by atomic mass is 16.4. The molecule has 1 heterocycles. The Morgan fingerprint density at radius 2 is 1.72 bits per heavy atom. The van der Waals surface area contributed by atoms with E-state index in [2.05, 4.69) is 5.32 Å². The quantitative estimate of drug-likeness (QED) is 0.504. The van der Waals surface area contributed by atoms with Crippen LogP contribution < -0.4 is 5.32 Å². The minimum absolute atomic E-state index is 0.0413. The Balaban J connectivity index is 1.95. The van der Waals surface area contributed by atoms with E-state index in [-0.39, 0.29) is 16.8 Å². The topological polar surface area (TPSA) is 95.1 Å². The third-order valence-corrected chi connectivity index (χ3v) is 4.56. The molecule has 1 aromatic heterocycles. The first kappa shape index (κ1) is 19.6. The van der Waals surface area contributed by atoms with Gasteiger partial charge in [-0.2, -0.15) is 5.26 Å². The number of hydrogen-bond acceptors (Lipinski definition) is 3. The van der Waals surface area contributed by atoms with Crippen LogP contribution in [0, 0.1) is 25.2 Å². The highest BCUT2D eigenvalue weighted by Crippen LogP contribution is 2.23. The van der Waals surface area contributed by atoms with Crippen LogP contribution in [0.5, 0.6) is 0 Å². The standard InChI is InChI=1S/C23H19N3O3/c1-15-12-17(16(2)26(15)19-8-4-3-5-9-19)13-18(14-24)22(27)25-21-11-7-6-10-20(21)23(28)29/h3-13H,1-2H3,(H,25,27)(H,28,29). The number of aryl methyl sites for hydroxylation is 1. The van der Waals surface area contributed by atoms with Crippen LogP contribution in [0.25, 0.3) is 11.8 Å². The van der Waals surface area contributed by atoms with Gasteiger partial charge in [0.15, 0.2) is 0 Å². The third kappa shape index (κ3) is 4.09. The van der Waals surface area contributed by atoms with Crippen LogP contribution in [0.3, 0.4) is 0 Å². The molecule has 2 aromatic carbocycles. The lowest BCUT2D eigenvalue weighted by molar-refractivity contribution is -0.112. The van der Waals surface area contributed by atoms with Crippen molar-refractivity contribution < 1.29 is 14.7 Å². The Labute approximate surface area is 168 Å². The number of anilines is 1. The number of para-hydroxylation sites is 2. The number of nitrogens with zero attached hydrogens (tertiary/aromatic N) is 2. The maximum absolute atomic E-state index is 12.6. The van der Waals surface area contributed by atoms with Gasteiger partial charge in [0, 0.05) is 17.1 Å². The summed E-state index contributed by atoms with van der Waals surface area (Å²) in [5.41, 5.74) is 3.57. The first-order valence-electron chi connectivity index (χ1n) is 8.92. The summed E-state index contributed by atoms with van der Waals surface area (Å²) < 4.78 is 2.04. The van der Waals surface area contributed by atoms with Crippen LogP contribution in [0.4, 0.5) is 5.69 Å². The average Bonchev–Trinajstić information content (AvgIpc) is 2.99. The van der Waals surface area contributed by atoms with Crippen molar-refractivity contribution in [3.63, 3.8) is 0 Å². The van der Waals surface area contributed by atoms with Gasteiger partial charge in [0.2, 0.25) is 0 Å². The van der Waals surface area contributed by atoms with Crippen molar-refractivity contribution in [2.75, 3.05) is 5.32 Å². The number of aromatic nitrogens is 1. The van der Waals surface area contributed by atoms with Gasteiger partial charge in [0.25, 0.3) is 5.91 Å². The molecular formula is C23H19N3O3. The Hall–Kier alpha value is -4.11. The molecule has 0 aliphatic heterocycles. The largest absolute Gasteiger partial charge is 0.478 e. The van der Waals surface area contributed by atoms with Crippen LogP contribution in [0.15, 0.2) is 66.2 Å². The zero-order valence-corrected chi connectivity index (χ0v) is 16.0. The van der Waals surface area contributed by atoms with Crippen LogP contribution >= 0.6 is 0 Å². The lowest BCUT2D eigenvalue weighted by Gasteiger charge is -2.09. The number of amides is 1. The Morgan fingerprint density at radius 3 is 2.38 bits per heavy atom. The highest BCUT2D eigenvalue weighted by molar-refractivity contribution is 6.11. The van der Waals surface area contributed by atoms with Crippen LogP contribution in [-0.2, 0) is 4.79 Å². The maximum atomic E-state index is 12.6. The molecule has 0 atom stereocenters. The molecule has 0 aliphatic rings. The second-order valence-electron chi connectivity index (χ2n) is 6.47. The van der Waals surface area contributed by atoms with Crippen molar-refractivity contribution in [3.8, 4) is 11.8 Å². The number of carboxylic acid groups (broad SMARTS) is 1. The summed E-state index contributed by atoms with van der Waals surface area (Å²) in [6, 6.07) is 19.6. The van der Waals surface area contributed by atoms with Gasteiger partial charge in [-0.25, -0.2) is 4.79 Å². The molecular weight excluding hydrogens is 366 g/mol. The van der Waals surface area contributed by atoms with Crippen molar-refractivity contribution >= 4 is 23.6 Å². The lowest BCUT2D eigenvalue weighted by Crippen LogP contribution is -2.16. The molecule has 3 aromatic rings. The van der Waals surface area contributed by atoms with Crippen LogP contribution in [0.1, 0.15) is 27.3 Å². The number of carbonyl (C=O) groups excluding carboxylic acids is 1. The fraction of sp³-hybridized carbons (Fsp3) is 0.0870. The summed E-state index contributed by atoms with van der Waals surface area (Å²) in [5.74, 6) is -1.82. The highest BCUT2D eigenvalue weighted by Gasteiger charge is 2.16. The normalized spacial score (nSPS) is 11.0. The number of carbonyl (C=O) groups is 2. The molecule has 6 heteroatoms. The predicted molar refractivity (Wildman–Crippen MR) is 111 cm³/mol. The smallest absolute Gasteiger partial charge is 0.337 e. The number of nitriles is 1. The van der Waals surface area contributed by atoms with Gasteiger partial charge in [-0.3, -0.25) is 4.79 Å². The fourth-order valence-corrected chi connectivity index (χ4v) is 3.18. The SMILES string of the molecule is Cc1cc(C=C(C#N)C(=O)Nc2ccccc2C(=O)O)c(C)n1-c1ccccc1. The summed E-state index contributed by atoms with van der Waals surface area (Å²) in [6.45, 7) is 3.87. The molecule has 0 radical (unpaired) electrons. The maximum Gasteiger partial charge on any atom is 0.337 e. The molecule has 0 aliphatic carbocycles. The summed E-state index contributed by atoms with van der Waals surface area (Å²) in [5, 5.41) is 21.3. The minimum Gasteiger partial charge on any atom is -0.478 e. The van der Waals surface area contributed by atoms with Gasteiger partial charge in [-0.15, -0.1) is 0 Å². The van der Waals surface area contributed by atoms with Crippen molar-refractivity contribution in [1.29, 1.82) is 5.26 Å². The van der Waals surface area contributed by atoms with E-state index in [9.17, 15) is 20.0 Å². The van der Waals surface area contributed by atoms with Gasteiger partial charge in [0.05, 0.1) is 11.3 Å². The van der Waals surface area contributed by atoms with E-state index in [1.807, 2.05) is 60.9 Å². The van der Waals surface area contributed by atoms with Gasteiger partial charge in [-0.1, -0.05) is 30.3 Å². The predicted octanol–water partition coefficient (Wildman–Crippen LogP) is 4.34. The van der Waals surface area contributed by atoms with Crippen LogP contribution in [0.2, 0.25) is 0 Å². The van der Waals surface area contributed by atoms with E-state index >= 15 is 0 Å².